The monoisotopic (exact) mass is 292 g/mol. The average Bonchev–Trinajstić information content (AvgIpc) is 2.42. The number of esters is 1. The summed E-state index contributed by atoms with van der Waals surface area (Å²) in [5, 5.41) is 0. The zero-order valence-corrected chi connectivity index (χ0v) is 13.2. The van der Waals surface area contributed by atoms with Gasteiger partial charge in [-0.2, -0.15) is 0 Å². The molecule has 5 heteroatoms. The molecule has 0 aromatic heterocycles. The van der Waals surface area contributed by atoms with Crippen LogP contribution in [0.2, 0.25) is 0 Å². The van der Waals surface area contributed by atoms with Crippen molar-refractivity contribution in [2.24, 2.45) is 5.92 Å². The maximum absolute atomic E-state index is 12.6. The second-order valence-corrected chi connectivity index (χ2v) is 5.55. The molecule has 0 atom stereocenters. The van der Waals surface area contributed by atoms with E-state index in [1.165, 1.54) is 7.11 Å². The van der Waals surface area contributed by atoms with E-state index in [1.54, 1.807) is 23.1 Å². The molecule has 0 bridgehead atoms. The second-order valence-electron chi connectivity index (χ2n) is 5.55. The van der Waals surface area contributed by atoms with Crippen LogP contribution < -0.4 is 5.73 Å². The van der Waals surface area contributed by atoms with Gasteiger partial charge in [-0.25, -0.2) is 0 Å². The summed E-state index contributed by atoms with van der Waals surface area (Å²) in [6, 6.07) is 5.23. The van der Waals surface area contributed by atoms with Gasteiger partial charge in [0.05, 0.1) is 13.5 Å². The molecule has 1 aromatic carbocycles. The summed E-state index contributed by atoms with van der Waals surface area (Å²) < 4.78 is 4.64. The SMILES string of the molecule is COC(=O)CCN(CC(C)C)C(=O)c1ccc(N)cc1C. The highest BCUT2D eigenvalue weighted by Crippen LogP contribution is 2.16. The Kier molecular flexibility index (Phi) is 6.21. The Morgan fingerprint density at radius 3 is 2.52 bits per heavy atom. The summed E-state index contributed by atoms with van der Waals surface area (Å²) in [6.45, 7) is 6.88. The van der Waals surface area contributed by atoms with Gasteiger partial charge in [0, 0.05) is 24.3 Å². The van der Waals surface area contributed by atoms with Crippen molar-refractivity contribution < 1.29 is 14.3 Å². The highest BCUT2D eigenvalue weighted by molar-refractivity contribution is 5.96. The fraction of sp³-hybridized carbons (Fsp3) is 0.500. The number of aryl methyl sites for hydroxylation is 1. The van der Waals surface area contributed by atoms with Crippen LogP contribution >= 0.6 is 0 Å². The van der Waals surface area contributed by atoms with Crippen molar-refractivity contribution in [3.05, 3.63) is 29.3 Å². The predicted octanol–water partition coefficient (Wildman–Crippen LogP) is 2.24. The molecule has 1 rings (SSSR count). The van der Waals surface area contributed by atoms with Crippen molar-refractivity contribution in [1.82, 2.24) is 4.90 Å². The second kappa shape index (κ2) is 7.67. The minimum atomic E-state index is -0.314. The minimum Gasteiger partial charge on any atom is -0.469 e. The Labute approximate surface area is 126 Å². The predicted molar refractivity (Wildman–Crippen MR) is 83.0 cm³/mol. The van der Waals surface area contributed by atoms with Crippen molar-refractivity contribution in [2.75, 3.05) is 25.9 Å². The molecule has 0 aliphatic rings. The number of methoxy groups -OCH3 is 1. The molecular formula is C16H24N2O3. The molecule has 1 aromatic rings. The van der Waals surface area contributed by atoms with Crippen LogP contribution in [0.1, 0.15) is 36.2 Å². The third-order valence-electron chi connectivity index (χ3n) is 3.17. The Bertz CT molecular complexity index is 512. The summed E-state index contributed by atoms with van der Waals surface area (Å²) in [7, 11) is 1.35. The standard InChI is InChI=1S/C16H24N2O3/c1-11(2)10-18(8-7-15(19)21-4)16(20)14-6-5-13(17)9-12(14)3/h5-6,9,11H,7-8,10,17H2,1-4H3. The van der Waals surface area contributed by atoms with E-state index in [-0.39, 0.29) is 18.3 Å². The number of amides is 1. The number of benzene rings is 1. The highest BCUT2D eigenvalue weighted by atomic mass is 16.5. The first-order valence-corrected chi connectivity index (χ1v) is 7.07. The minimum absolute atomic E-state index is 0.0786. The molecule has 0 aliphatic carbocycles. The molecule has 21 heavy (non-hydrogen) atoms. The van der Waals surface area contributed by atoms with E-state index < -0.39 is 0 Å². The van der Waals surface area contributed by atoms with Crippen LogP contribution in [0.4, 0.5) is 5.69 Å². The van der Waals surface area contributed by atoms with Crippen molar-refractivity contribution in [3.8, 4) is 0 Å². The van der Waals surface area contributed by atoms with Gasteiger partial charge in [0.25, 0.3) is 5.91 Å². The van der Waals surface area contributed by atoms with E-state index in [2.05, 4.69) is 4.74 Å². The molecular weight excluding hydrogens is 268 g/mol. The van der Waals surface area contributed by atoms with E-state index in [1.807, 2.05) is 20.8 Å². The first kappa shape index (κ1) is 17.0. The van der Waals surface area contributed by atoms with Crippen LogP contribution in [0.3, 0.4) is 0 Å². The van der Waals surface area contributed by atoms with Gasteiger partial charge in [-0.15, -0.1) is 0 Å². The Morgan fingerprint density at radius 1 is 1.33 bits per heavy atom. The molecule has 0 radical (unpaired) electrons. The summed E-state index contributed by atoms with van der Waals surface area (Å²) in [4.78, 5) is 25.6. The molecule has 0 aliphatic heterocycles. The lowest BCUT2D eigenvalue weighted by atomic mass is 10.1. The van der Waals surface area contributed by atoms with Crippen LogP contribution in [-0.4, -0.2) is 37.0 Å². The van der Waals surface area contributed by atoms with Crippen LogP contribution in [-0.2, 0) is 9.53 Å². The normalized spacial score (nSPS) is 10.5. The summed E-state index contributed by atoms with van der Waals surface area (Å²) in [5.41, 5.74) is 7.81. The van der Waals surface area contributed by atoms with Crippen molar-refractivity contribution in [2.45, 2.75) is 27.2 Å². The van der Waals surface area contributed by atoms with E-state index in [0.717, 1.165) is 5.56 Å². The van der Waals surface area contributed by atoms with E-state index in [9.17, 15) is 9.59 Å². The zero-order chi connectivity index (χ0) is 16.0. The molecule has 2 N–H and O–H groups in total. The fourth-order valence-electron chi connectivity index (χ4n) is 2.14. The largest absolute Gasteiger partial charge is 0.469 e. The molecule has 0 heterocycles. The Balaban J connectivity index is 2.90. The third kappa shape index (κ3) is 5.10. The number of nitrogens with zero attached hydrogens (tertiary/aromatic N) is 1. The van der Waals surface area contributed by atoms with Crippen molar-refractivity contribution in [3.63, 3.8) is 0 Å². The number of rotatable bonds is 6. The number of anilines is 1. The summed E-state index contributed by atoms with van der Waals surface area (Å²) >= 11 is 0. The Hall–Kier alpha value is -2.04. The topological polar surface area (TPSA) is 72.6 Å². The number of hydrogen-bond acceptors (Lipinski definition) is 4. The molecule has 0 saturated heterocycles. The number of nitrogens with two attached hydrogens (primary N) is 1. The van der Waals surface area contributed by atoms with Gasteiger partial charge in [-0.3, -0.25) is 9.59 Å². The fourth-order valence-corrected chi connectivity index (χ4v) is 2.14. The first-order valence-electron chi connectivity index (χ1n) is 7.07. The molecule has 116 valence electrons. The van der Waals surface area contributed by atoms with E-state index >= 15 is 0 Å². The lowest BCUT2D eigenvalue weighted by Crippen LogP contribution is -2.36. The number of carbonyl (C=O) groups is 2. The maximum Gasteiger partial charge on any atom is 0.307 e. The van der Waals surface area contributed by atoms with Gasteiger partial charge in [-0.05, 0) is 36.6 Å². The molecule has 1 amide bonds. The summed E-state index contributed by atoms with van der Waals surface area (Å²) in [5.74, 6) is -0.0728. The van der Waals surface area contributed by atoms with Crippen molar-refractivity contribution >= 4 is 17.6 Å². The summed E-state index contributed by atoms with van der Waals surface area (Å²) in [6.07, 6.45) is 0.197. The van der Waals surface area contributed by atoms with Crippen LogP contribution in [0.5, 0.6) is 0 Å². The molecule has 0 saturated carbocycles. The molecule has 0 unspecified atom stereocenters. The van der Waals surface area contributed by atoms with Crippen LogP contribution in [0.25, 0.3) is 0 Å². The number of hydrogen-bond donors (Lipinski definition) is 1. The van der Waals surface area contributed by atoms with Gasteiger partial charge in [0.15, 0.2) is 0 Å². The van der Waals surface area contributed by atoms with Crippen molar-refractivity contribution in [1.29, 1.82) is 0 Å². The lowest BCUT2D eigenvalue weighted by molar-refractivity contribution is -0.140. The van der Waals surface area contributed by atoms with Crippen LogP contribution in [0, 0.1) is 12.8 Å². The number of carbonyl (C=O) groups excluding carboxylic acids is 2. The number of ether oxygens (including phenoxy) is 1. The molecule has 5 nitrogen and oxygen atoms in total. The molecule has 0 spiro atoms. The zero-order valence-electron chi connectivity index (χ0n) is 13.2. The third-order valence-corrected chi connectivity index (χ3v) is 3.17. The van der Waals surface area contributed by atoms with E-state index in [0.29, 0.717) is 30.3 Å². The first-order chi connectivity index (χ1) is 9.85. The van der Waals surface area contributed by atoms with Gasteiger partial charge < -0.3 is 15.4 Å². The smallest absolute Gasteiger partial charge is 0.307 e. The average molecular weight is 292 g/mol. The van der Waals surface area contributed by atoms with E-state index in [4.69, 9.17) is 5.73 Å². The van der Waals surface area contributed by atoms with Crippen LogP contribution in [0.15, 0.2) is 18.2 Å². The molecule has 0 fully saturated rings. The highest BCUT2D eigenvalue weighted by Gasteiger charge is 2.19. The maximum atomic E-state index is 12.6. The van der Waals surface area contributed by atoms with Gasteiger partial charge in [0.2, 0.25) is 0 Å². The quantitative estimate of drug-likeness (QED) is 0.644. The lowest BCUT2D eigenvalue weighted by Gasteiger charge is -2.25. The van der Waals surface area contributed by atoms with Gasteiger partial charge in [0.1, 0.15) is 0 Å². The van der Waals surface area contributed by atoms with Gasteiger partial charge >= 0.3 is 5.97 Å². The number of nitrogen functional groups attached to an aromatic ring is 1. The Morgan fingerprint density at radius 2 is 2.00 bits per heavy atom. The van der Waals surface area contributed by atoms with Gasteiger partial charge in [-0.1, -0.05) is 13.8 Å².